The summed E-state index contributed by atoms with van der Waals surface area (Å²) in [5, 5.41) is 10.7. The average Bonchev–Trinajstić information content (AvgIpc) is 2.64. The van der Waals surface area contributed by atoms with E-state index in [4.69, 9.17) is 11.6 Å². The highest BCUT2D eigenvalue weighted by atomic mass is 35.5. The molecule has 2 aromatic rings. The maximum atomic E-state index is 5.90. The molecule has 0 aliphatic rings. The van der Waals surface area contributed by atoms with Crippen molar-refractivity contribution in [3.63, 3.8) is 0 Å². The van der Waals surface area contributed by atoms with Crippen LogP contribution in [0, 0.1) is 0 Å². The Bertz CT molecular complexity index is 628. The summed E-state index contributed by atoms with van der Waals surface area (Å²) in [6, 6.07) is 13.7. The third kappa shape index (κ3) is 7.90. The van der Waals surface area contributed by atoms with Gasteiger partial charge in [0.15, 0.2) is 5.96 Å². The molecule has 0 aliphatic carbocycles. The molecular weight excluding hydrogens is 334 g/mol. The second-order valence-corrected chi connectivity index (χ2v) is 6.03. The van der Waals surface area contributed by atoms with Gasteiger partial charge in [0, 0.05) is 30.9 Å². The molecule has 0 spiro atoms. The van der Waals surface area contributed by atoms with Crippen molar-refractivity contribution in [2.24, 2.45) is 4.99 Å². The van der Waals surface area contributed by atoms with E-state index >= 15 is 0 Å². The fraction of sp³-hybridized carbons (Fsp3) is 0.368. The third-order valence-electron chi connectivity index (χ3n) is 3.54. The molecule has 0 aliphatic heterocycles. The lowest BCUT2D eigenvalue weighted by Crippen LogP contribution is -2.37. The van der Waals surface area contributed by atoms with Crippen LogP contribution >= 0.6 is 11.6 Å². The monoisotopic (exact) mass is 359 g/mol. The Morgan fingerprint density at radius 2 is 1.84 bits per heavy atom. The number of aliphatic imine (C=N–C) groups is 1. The summed E-state index contributed by atoms with van der Waals surface area (Å²) in [5.74, 6) is 1.77. The second-order valence-electron chi connectivity index (χ2n) is 5.60. The van der Waals surface area contributed by atoms with Crippen LogP contribution in [0.2, 0.25) is 5.02 Å². The number of anilines is 1. The zero-order chi connectivity index (χ0) is 17.7. The van der Waals surface area contributed by atoms with E-state index in [0.29, 0.717) is 6.54 Å². The number of pyridine rings is 1. The molecule has 1 heterocycles. The molecule has 0 amide bonds. The quantitative estimate of drug-likeness (QED) is 0.363. The molecule has 0 atom stereocenters. The number of rotatable bonds is 9. The first kappa shape index (κ1) is 19.1. The Balaban J connectivity index is 1.66. The van der Waals surface area contributed by atoms with Gasteiger partial charge in [-0.1, -0.05) is 29.8 Å². The first-order valence-electron chi connectivity index (χ1n) is 8.69. The van der Waals surface area contributed by atoms with Crippen molar-refractivity contribution in [3.8, 4) is 0 Å². The number of unbranched alkanes of at least 4 members (excludes halogenated alkanes) is 1. The number of aromatic nitrogens is 1. The average molecular weight is 360 g/mol. The van der Waals surface area contributed by atoms with Crippen molar-refractivity contribution < 1.29 is 0 Å². The highest BCUT2D eigenvalue weighted by Crippen LogP contribution is 2.10. The summed E-state index contributed by atoms with van der Waals surface area (Å²) in [7, 11) is 0. The zero-order valence-electron chi connectivity index (χ0n) is 14.6. The minimum atomic E-state index is 0.633. The summed E-state index contributed by atoms with van der Waals surface area (Å²) >= 11 is 5.90. The highest BCUT2D eigenvalue weighted by molar-refractivity contribution is 6.30. The minimum Gasteiger partial charge on any atom is -0.370 e. The summed E-state index contributed by atoms with van der Waals surface area (Å²) in [4.78, 5) is 8.85. The summed E-state index contributed by atoms with van der Waals surface area (Å²) in [5.41, 5.74) is 1.14. The van der Waals surface area contributed by atoms with Crippen LogP contribution in [0.3, 0.4) is 0 Å². The Kier molecular flexibility index (Phi) is 8.63. The van der Waals surface area contributed by atoms with Crippen LogP contribution in [-0.4, -0.2) is 30.6 Å². The van der Waals surface area contributed by atoms with Gasteiger partial charge in [-0.3, -0.25) is 0 Å². The van der Waals surface area contributed by atoms with Gasteiger partial charge < -0.3 is 16.0 Å². The number of hydrogen-bond acceptors (Lipinski definition) is 3. The molecule has 0 saturated carbocycles. The maximum absolute atomic E-state index is 5.90. The molecule has 0 saturated heterocycles. The lowest BCUT2D eigenvalue weighted by Gasteiger charge is -2.11. The Morgan fingerprint density at radius 3 is 2.56 bits per heavy atom. The number of halogens is 1. The molecule has 1 aromatic heterocycles. The molecule has 134 valence electrons. The Hall–Kier alpha value is -2.27. The first-order chi connectivity index (χ1) is 12.3. The fourth-order valence-corrected chi connectivity index (χ4v) is 2.37. The molecule has 25 heavy (non-hydrogen) atoms. The van der Waals surface area contributed by atoms with Gasteiger partial charge in [-0.25, -0.2) is 9.98 Å². The van der Waals surface area contributed by atoms with Gasteiger partial charge in [0.05, 0.1) is 6.54 Å². The van der Waals surface area contributed by atoms with E-state index in [0.717, 1.165) is 54.8 Å². The van der Waals surface area contributed by atoms with E-state index < -0.39 is 0 Å². The molecule has 0 fully saturated rings. The van der Waals surface area contributed by atoms with Crippen molar-refractivity contribution in [2.75, 3.05) is 25.0 Å². The Morgan fingerprint density at radius 1 is 1.04 bits per heavy atom. The van der Waals surface area contributed by atoms with E-state index in [1.165, 1.54) is 0 Å². The van der Waals surface area contributed by atoms with Crippen LogP contribution in [0.25, 0.3) is 0 Å². The molecule has 0 radical (unpaired) electrons. The molecule has 3 N–H and O–H groups in total. The number of benzene rings is 1. The van der Waals surface area contributed by atoms with Crippen LogP contribution in [0.1, 0.15) is 25.3 Å². The topological polar surface area (TPSA) is 61.3 Å². The van der Waals surface area contributed by atoms with Gasteiger partial charge in [0.1, 0.15) is 5.82 Å². The van der Waals surface area contributed by atoms with E-state index in [2.05, 4.69) is 32.9 Å². The molecular formula is C19H26ClN5. The van der Waals surface area contributed by atoms with Crippen molar-refractivity contribution in [3.05, 3.63) is 59.2 Å². The SMILES string of the molecule is CCNC(=NCc1ccc(Cl)cc1)NCCCCNc1ccccn1. The predicted octanol–water partition coefficient (Wildman–Crippen LogP) is 3.68. The van der Waals surface area contributed by atoms with Gasteiger partial charge in [-0.2, -0.15) is 0 Å². The largest absolute Gasteiger partial charge is 0.370 e. The molecule has 0 unspecified atom stereocenters. The Labute approximate surface area is 154 Å². The molecule has 6 heteroatoms. The van der Waals surface area contributed by atoms with Crippen LogP contribution in [-0.2, 0) is 6.54 Å². The van der Waals surface area contributed by atoms with E-state index in [1.54, 1.807) is 6.20 Å². The van der Waals surface area contributed by atoms with Crippen molar-refractivity contribution in [1.82, 2.24) is 15.6 Å². The van der Waals surface area contributed by atoms with E-state index in [9.17, 15) is 0 Å². The third-order valence-corrected chi connectivity index (χ3v) is 3.80. The predicted molar refractivity (Wildman–Crippen MR) is 106 cm³/mol. The van der Waals surface area contributed by atoms with Gasteiger partial charge in [0.25, 0.3) is 0 Å². The van der Waals surface area contributed by atoms with Gasteiger partial charge >= 0.3 is 0 Å². The number of guanidine groups is 1. The number of nitrogens with one attached hydrogen (secondary N) is 3. The van der Waals surface area contributed by atoms with E-state index in [-0.39, 0.29) is 0 Å². The summed E-state index contributed by atoms with van der Waals surface area (Å²) in [6.07, 6.45) is 3.93. The maximum Gasteiger partial charge on any atom is 0.191 e. The fourth-order valence-electron chi connectivity index (χ4n) is 2.24. The second kappa shape index (κ2) is 11.3. The van der Waals surface area contributed by atoms with Gasteiger partial charge in [-0.05, 0) is 49.6 Å². The molecule has 2 rings (SSSR count). The molecule has 5 nitrogen and oxygen atoms in total. The summed E-state index contributed by atoms with van der Waals surface area (Å²) < 4.78 is 0. The lowest BCUT2D eigenvalue weighted by molar-refractivity contribution is 0.712. The van der Waals surface area contributed by atoms with Crippen molar-refractivity contribution in [1.29, 1.82) is 0 Å². The van der Waals surface area contributed by atoms with Crippen LogP contribution in [0.5, 0.6) is 0 Å². The minimum absolute atomic E-state index is 0.633. The van der Waals surface area contributed by atoms with Crippen LogP contribution in [0.4, 0.5) is 5.82 Å². The molecule has 1 aromatic carbocycles. The van der Waals surface area contributed by atoms with Crippen molar-refractivity contribution in [2.45, 2.75) is 26.3 Å². The number of hydrogen-bond donors (Lipinski definition) is 3. The van der Waals surface area contributed by atoms with E-state index in [1.807, 2.05) is 42.5 Å². The van der Waals surface area contributed by atoms with Crippen LogP contribution < -0.4 is 16.0 Å². The smallest absolute Gasteiger partial charge is 0.191 e. The zero-order valence-corrected chi connectivity index (χ0v) is 15.4. The van der Waals surface area contributed by atoms with Gasteiger partial charge in [0.2, 0.25) is 0 Å². The first-order valence-corrected chi connectivity index (χ1v) is 9.07. The highest BCUT2D eigenvalue weighted by Gasteiger charge is 1.98. The normalized spacial score (nSPS) is 11.2. The summed E-state index contributed by atoms with van der Waals surface area (Å²) in [6.45, 7) is 5.34. The van der Waals surface area contributed by atoms with Gasteiger partial charge in [-0.15, -0.1) is 0 Å². The molecule has 0 bridgehead atoms. The standard InChI is InChI=1S/C19H26ClN5/c1-2-21-19(25-15-16-8-10-17(20)11-9-16)24-14-6-5-13-23-18-7-3-4-12-22-18/h3-4,7-12H,2,5-6,13-15H2,1H3,(H,22,23)(H2,21,24,25). The lowest BCUT2D eigenvalue weighted by atomic mass is 10.2. The van der Waals surface area contributed by atoms with Crippen LogP contribution in [0.15, 0.2) is 53.7 Å². The van der Waals surface area contributed by atoms with Crippen molar-refractivity contribution >= 4 is 23.4 Å². The number of nitrogens with zero attached hydrogens (tertiary/aromatic N) is 2.